The van der Waals surface area contributed by atoms with E-state index in [-0.39, 0.29) is 22.6 Å². The van der Waals surface area contributed by atoms with Gasteiger partial charge in [0.1, 0.15) is 17.6 Å². The molecule has 2 aromatic carbocycles. The fraction of sp³-hybridized carbons (Fsp3) is 0.360. The van der Waals surface area contributed by atoms with E-state index in [0.717, 1.165) is 5.39 Å². The summed E-state index contributed by atoms with van der Waals surface area (Å²) in [5, 5.41) is 3.87. The Labute approximate surface area is 199 Å². The number of carbonyl (C=O) groups is 1. The molecule has 1 aliphatic rings. The molecule has 8 nitrogen and oxygen atoms in total. The van der Waals surface area contributed by atoms with Gasteiger partial charge in [-0.05, 0) is 44.0 Å². The number of benzene rings is 2. The number of aliphatic imine (C=N–C) groups is 1. The molecule has 3 aromatic rings. The number of amidine groups is 1. The van der Waals surface area contributed by atoms with Crippen LogP contribution in [0.25, 0.3) is 11.0 Å². The molecule has 1 aromatic heterocycles. The molecule has 1 amide bonds. The molecule has 0 bridgehead atoms. The summed E-state index contributed by atoms with van der Waals surface area (Å²) in [5.74, 6) is 1.02. The van der Waals surface area contributed by atoms with Crippen LogP contribution in [0, 0.1) is 5.92 Å². The Bertz CT molecular complexity index is 1350. The zero-order valence-corrected chi connectivity index (χ0v) is 20.5. The lowest BCUT2D eigenvalue weighted by Gasteiger charge is -2.21. The van der Waals surface area contributed by atoms with Crippen molar-refractivity contribution in [1.82, 2.24) is 10.0 Å². The zero-order chi connectivity index (χ0) is 24.5. The molecule has 0 saturated heterocycles. The fourth-order valence-corrected chi connectivity index (χ4v) is 5.18. The highest BCUT2D eigenvalue weighted by molar-refractivity contribution is 7.90. The van der Waals surface area contributed by atoms with E-state index >= 15 is 0 Å². The normalized spacial score (nSPS) is 18.2. The minimum Gasteiger partial charge on any atom is -0.490 e. The lowest BCUT2D eigenvalue weighted by Crippen LogP contribution is -2.40. The maximum Gasteiger partial charge on any atom is 0.263 e. The Balaban J connectivity index is 1.60. The number of fused-ring (bicyclic) bond motifs is 2. The third-order valence-electron chi connectivity index (χ3n) is 5.99. The lowest BCUT2D eigenvalue weighted by atomic mass is 9.98. The smallest absolute Gasteiger partial charge is 0.263 e. The Morgan fingerprint density at radius 2 is 1.91 bits per heavy atom. The molecule has 2 heterocycles. The minimum atomic E-state index is -3.69. The van der Waals surface area contributed by atoms with E-state index in [4.69, 9.17) is 9.15 Å². The summed E-state index contributed by atoms with van der Waals surface area (Å²) >= 11 is 0. The number of amides is 1. The van der Waals surface area contributed by atoms with Crippen LogP contribution in [0.3, 0.4) is 0 Å². The van der Waals surface area contributed by atoms with Crippen LogP contribution in [0.15, 0.2) is 62.8 Å². The number of para-hydroxylation sites is 1. The van der Waals surface area contributed by atoms with Gasteiger partial charge in [0.2, 0.25) is 5.91 Å². The minimum absolute atomic E-state index is 0.114. The number of carbonyl (C=O) groups excluding carboxylic acids is 1. The summed E-state index contributed by atoms with van der Waals surface area (Å²) in [6, 6.07) is 13.0. The number of hydrogen-bond donors (Lipinski definition) is 2. The molecule has 0 aliphatic carbocycles. The number of hydrogen-bond acceptors (Lipinski definition) is 6. The van der Waals surface area contributed by atoms with Gasteiger partial charge in [0, 0.05) is 10.9 Å². The van der Waals surface area contributed by atoms with Gasteiger partial charge in [-0.3, -0.25) is 14.5 Å². The molecule has 3 atom stereocenters. The van der Waals surface area contributed by atoms with E-state index in [1.54, 1.807) is 18.2 Å². The van der Waals surface area contributed by atoms with Gasteiger partial charge in [0.05, 0.1) is 17.5 Å². The van der Waals surface area contributed by atoms with E-state index < -0.39 is 22.1 Å². The summed E-state index contributed by atoms with van der Waals surface area (Å²) in [6.45, 7) is 8.15. The average molecular weight is 484 g/mol. The molecule has 0 radical (unpaired) electrons. The highest BCUT2D eigenvalue weighted by Crippen LogP contribution is 2.31. The molecule has 4 rings (SSSR count). The largest absolute Gasteiger partial charge is 0.490 e. The summed E-state index contributed by atoms with van der Waals surface area (Å²) < 4.78 is 39.1. The molecule has 1 unspecified atom stereocenters. The van der Waals surface area contributed by atoms with Crippen LogP contribution >= 0.6 is 0 Å². The van der Waals surface area contributed by atoms with E-state index in [0.29, 0.717) is 35.7 Å². The molecule has 2 N–H and O–H groups in total. The van der Waals surface area contributed by atoms with Crippen LogP contribution in [0.4, 0.5) is 0 Å². The molecular formula is C25H29N3O5S. The number of sulfonamides is 1. The average Bonchev–Trinajstić information content (AvgIpc) is 3.37. The van der Waals surface area contributed by atoms with Gasteiger partial charge in [-0.25, -0.2) is 8.42 Å². The lowest BCUT2D eigenvalue weighted by molar-refractivity contribution is -0.124. The maximum atomic E-state index is 13.3. The second kappa shape index (κ2) is 9.50. The molecular weight excluding hydrogens is 454 g/mol. The van der Waals surface area contributed by atoms with Gasteiger partial charge in [0.25, 0.3) is 10.0 Å². The van der Waals surface area contributed by atoms with Crippen LogP contribution < -0.4 is 14.8 Å². The molecule has 1 aliphatic heterocycles. The Morgan fingerprint density at radius 3 is 2.65 bits per heavy atom. The third kappa shape index (κ3) is 4.52. The van der Waals surface area contributed by atoms with Crippen molar-refractivity contribution in [2.45, 2.75) is 51.1 Å². The highest BCUT2D eigenvalue weighted by Gasteiger charge is 2.33. The summed E-state index contributed by atoms with van der Waals surface area (Å²) in [5.41, 5.74) is 1.11. The quantitative estimate of drug-likeness (QED) is 0.500. The summed E-state index contributed by atoms with van der Waals surface area (Å²) in [4.78, 5) is 18.1. The molecule has 180 valence electrons. The Hall–Kier alpha value is -3.33. The monoisotopic (exact) mass is 483 g/mol. The van der Waals surface area contributed by atoms with Crippen molar-refractivity contribution in [3.63, 3.8) is 0 Å². The maximum absolute atomic E-state index is 13.3. The van der Waals surface area contributed by atoms with Crippen LogP contribution in [-0.4, -0.2) is 32.8 Å². The zero-order valence-electron chi connectivity index (χ0n) is 19.7. The SMILES string of the molecule is CCOc1cccc2cc(C(C)NC(=O)[C@@H](N=C3NS(=O)(=O)c4ccccc43)[C@@H](C)CC)oc12. The van der Waals surface area contributed by atoms with Crippen molar-refractivity contribution < 1.29 is 22.4 Å². The Kier molecular flexibility index (Phi) is 6.65. The third-order valence-corrected chi connectivity index (χ3v) is 7.39. The molecule has 34 heavy (non-hydrogen) atoms. The van der Waals surface area contributed by atoms with E-state index in [1.807, 2.05) is 52.0 Å². The highest BCUT2D eigenvalue weighted by atomic mass is 32.2. The van der Waals surface area contributed by atoms with E-state index in [2.05, 4.69) is 15.0 Å². The predicted molar refractivity (Wildman–Crippen MR) is 130 cm³/mol. The van der Waals surface area contributed by atoms with Gasteiger partial charge in [0.15, 0.2) is 11.3 Å². The summed E-state index contributed by atoms with van der Waals surface area (Å²) in [7, 11) is -3.69. The second-order valence-corrected chi connectivity index (χ2v) is 10.0. The second-order valence-electron chi connectivity index (χ2n) is 8.40. The Morgan fingerprint density at radius 1 is 1.15 bits per heavy atom. The van der Waals surface area contributed by atoms with Gasteiger partial charge in [-0.2, -0.15) is 0 Å². The van der Waals surface area contributed by atoms with Crippen LogP contribution in [0.2, 0.25) is 0 Å². The first-order valence-corrected chi connectivity index (χ1v) is 12.9. The van der Waals surface area contributed by atoms with Crippen LogP contribution in [-0.2, 0) is 14.8 Å². The standard InChI is InChI=1S/C25H29N3O5S/c1-5-15(3)22(27-24-18-11-7-8-13-21(18)34(30,31)28-24)25(29)26-16(4)20-14-17-10-9-12-19(32-6-2)23(17)33-20/h7-16,22H,5-6H2,1-4H3,(H,26,29)(H,27,28)/t15-,16?,22-/m0/s1. The number of rotatable bonds is 8. The molecule has 9 heteroatoms. The fourth-order valence-electron chi connectivity index (χ4n) is 3.95. The number of furan rings is 1. The predicted octanol–water partition coefficient (Wildman–Crippen LogP) is 4.16. The van der Waals surface area contributed by atoms with Gasteiger partial charge in [-0.15, -0.1) is 0 Å². The molecule has 0 saturated carbocycles. The van der Waals surface area contributed by atoms with Crippen LogP contribution in [0.1, 0.15) is 51.5 Å². The molecule has 0 spiro atoms. The number of ether oxygens (including phenoxy) is 1. The van der Waals surface area contributed by atoms with Gasteiger partial charge < -0.3 is 14.5 Å². The number of nitrogens with one attached hydrogen (secondary N) is 2. The first-order chi connectivity index (χ1) is 16.2. The topological polar surface area (TPSA) is 110 Å². The first-order valence-electron chi connectivity index (χ1n) is 11.4. The number of nitrogens with zero attached hydrogens (tertiary/aromatic N) is 1. The summed E-state index contributed by atoms with van der Waals surface area (Å²) in [6.07, 6.45) is 0.694. The van der Waals surface area contributed by atoms with Crippen molar-refractivity contribution in [3.05, 3.63) is 59.9 Å². The van der Waals surface area contributed by atoms with Crippen molar-refractivity contribution in [2.24, 2.45) is 10.9 Å². The van der Waals surface area contributed by atoms with Crippen molar-refractivity contribution in [3.8, 4) is 5.75 Å². The van der Waals surface area contributed by atoms with E-state index in [9.17, 15) is 13.2 Å². The van der Waals surface area contributed by atoms with Crippen molar-refractivity contribution >= 4 is 32.7 Å². The van der Waals surface area contributed by atoms with Crippen molar-refractivity contribution in [2.75, 3.05) is 6.61 Å². The van der Waals surface area contributed by atoms with Crippen molar-refractivity contribution in [1.29, 1.82) is 0 Å². The van der Waals surface area contributed by atoms with Crippen LogP contribution in [0.5, 0.6) is 5.75 Å². The van der Waals surface area contributed by atoms with Gasteiger partial charge >= 0.3 is 0 Å². The molecule has 0 fully saturated rings. The van der Waals surface area contributed by atoms with E-state index in [1.165, 1.54) is 6.07 Å². The first kappa shape index (κ1) is 23.8. The van der Waals surface area contributed by atoms with Gasteiger partial charge in [-0.1, -0.05) is 44.5 Å².